The summed E-state index contributed by atoms with van der Waals surface area (Å²) in [5, 5.41) is 35.2. The summed E-state index contributed by atoms with van der Waals surface area (Å²) < 4.78 is 0. The Morgan fingerprint density at radius 2 is 1.70 bits per heavy atom. The van der Waals surface area contributed by atoms with Gasteiger partial charge in [-0.05, 0) is 13.8 Å². The molecule has 2 atom stereocenters. The van der Waals surface area contributed by atoms with E-state index in [1.54, 1.807) is 0 Å². The number of aliphatic hydroxyl groups is 4. The summed E-state index contributed by atoms with van der Waals surface area (Å²) in [6, 6.07) is 0. The van der Waals surface area contributed by atoms with Crippen LogP contribution in [0.15, 0.2) is 0 Å². The van der Waals surface area contributed by atoms with Crippen molar-refractivity contribution in [3.8, 4) is 0 Å². The number of rotatable bonds is 3. The Balaban J connectivity index is 3.94. The molecule has 62 valence electrons. The third kappa shape index (κ3) is 2.62. The molecule has 0 aromatic rings. The highest BCUT2D eigenvalue weighted by Gasteiger charge is 2.30. The van der Waals surface area contributed by atoms with Crippen LogP contribution >= 0.6 is 0 Å². The minimum absolute atomic E-state index is 0.550. The number of aliphatic hydroxyl groups excluding tert-OH is 3. The van der Waals surface area contributed by atoms with Crippen LogP contribution in [0.2, 0.25) is 0 Å². The third-order valence-corrected chi connectivity index (χ3v) is 1.28. The molecule has 0 aliphatic heterocycles. The highest BCUT2D eigenvalue weighted by molar-refractivity contribution is 4.81. The summed E-state index contributed by atoms with van der Waals surface area (Å²) >= 11 is 0. The van der Waals surface area contributed by atoms with Crippen LogP contribution < -0.4 is 0 Å². The fraction of sp³-hybridized carbons (Fsp3) is 1.00. The monoisotopic (exact) mass is 150 g/mol. The topological polar surface area (TPSA) is 80.9 Å². The zero-order valence-corrected chi connectivity index (χ0v) is 6.15. The molecule has 0 rings (SSSR count). The molecule has 0 spiro atoms. The van der Waals surface area contributed by atoms with Gasteiger partial charge in [0.15, 0.2) is 0 Å². The predicted molar refractivity (Wildman–Crippen MR) is 35.4 cm³/mol. The van der Waals surface area contributed by atoms with Gasteiger partial charge in [-0.3, -0.25) is 0 Å². The molecule has 10 heavy (non-hydrogen) atoms. The van der Waals surface area contributed by atoms with Crippen molar-refractivity contribution in [2.45, 2.75) is 31.7 Å². The molecule has 0 aliphatic rings. The molecule has 0 aliphatic carbocycles. The second kappa shape index (κ2) is 3.30. The second-order valence-corrected chi connectivity index (χ2v) is 2.85. The van der Waals surface area contributed by atoms with Gasteiger partial charge in [-0.15, -0.1) is 0 Å². The Kier molecular flexibility index (Phi) is 3.24. The van der Waals surface area contributed by atoms with Crippen molar-refractivity contribution in [3.05, 3.63) is 0 Å². The zero-order valence-electron chi connectivity index (χ0n) is 6.15. The van der Waals surface area contributed by atoms with Crippen LogP contribution in [0.1, 0.15) is 13.8 Å². The van der Waals surface area contributed by atoms with Crippen LogP contribution in [0.3, 0.4) is 0 Å². The minimum Gasteiger partial charge on any atom is -0.394 e. The molecule has 0 fully saturated rings. The molecule has 0 saturated heterocycles. The van der Waals surface area contributed by atoms with Crippen molar-refractivity contribution in [2.75, 3.05) is 6.61 Å². The molecule has 4 nitrogen and oxygen atoms in total. The molecule has 4 N–H and O–H groups in total. The van der Waals surface area contributed by atoms with Crippen molar-refractivity contribution in [3.63, 3.8) is 0 Å². The summed E-state index contributed by atoms with van der Waals surface area (Å²) in [4.78, 5) is 0. The smallest absolute Gasteiger partial charge is 0.110 e. The minimum atomic E-state index is -1.37. The molecular formula is C6H14O4. The van der Waals surface area contributed by atoms with Gasteiger partial charge in [-0.2, -0.15) is 0 Å². The first-order chi connectivity index (χ1) is 4.39. The van der Waals surface area contributed by atoms with Gasteiger partial charge >= 0.3 is 0 Å². The molecule has 0 amide bonds. The van der Waals surface area contributed by atoms with E-state index < -0.39 is 24.4 Å². The van der Waals surface area contributed by atoms with Gasteiger partial charge in [-0.1, -0.05) is 0 Å². The van der Waals surface area contributed by atoms with Gasteiger partial charge in [-0.25, -0.2) is 0 Å². The lowest BCUT2D eigenvalue weighted by Gasteiger charge is -2.27. The molecular weight excluding hydrogens is 136 g/mol. The van der Waals surface area contributed by atoms with Gasteiger partial charge < -0.3 is 20.4 Å². The van der Waals surface area contributed by atoms with Crippen molar-refractivity contribution >= 4 is 0 Å². The van der Waals surface area contributed by atoms with Crippen LogP contribution in [0.4, 0.5) is 0 Å². The van der Waals surface area contributed by atoms with Crippen molar-refractivity contribution < 1.29 is 20.4 Å². The van der Waals surface area contributed by atoms with Crippen molar-refractivity contribution in [1.82, 2.24) is 0 Å². The van der Waals surface area contributed by atoms with E-state index in [2.05, 4.69) is 0 Å². The average Bonchev–Trinajstić information content (AvgIpc) is 1.83. The van der Waals surface area contributed by atoms with Crippen LogP contribution in [0.25, 0.3) is 0 Å². The highest BCUT2D eigenvalue weighted by atomic mass is 16.4. The number of hydrogen-bond acceptors (Lipinski definition) is 4. The Bertz CT molecular complexity index is 96.4. The summed E-state index contributed by atoms with van der Waals surface area (Å²) in [5.41, 5.74) is -1.37. The van der Waals surface area contributed by atoms with E-state index >= 15 is 0 Å². The fourth-order valence-electron chi connectivity index (χ4n) is 0.571. The summed E-state index contributed by atoms with van der Waals surface area (Å²) in [7, 11) is 0. The first-order valence-corrected chi connectivity index (χ1v) is 3.09. The lowest BCUT2D eigenvalue weighted by atomic mass is 9.97. The zero-order chi connectivity index (χ0) is 8.36. The van der Waals surface area contributed by atoms with Crippen molar-refractivity contribution in [2.24, 2.45) is 0 Å². The van der Waals surface area contributed by atoms with E-state index in [1.165, 1.54) is 13.8 Å². The van der Waals surface area contributed by atoms with E-state index in [0.29, 0.717) is 0 Å². The standard InChI is InChI=1S/C6H14O4/c1-6(2,10)5(9)4(8)3-7/h4-5,7-10H,3H2,1-2H3/t4-,5-/m1/s1. The second-order valence-electron chi connectivity index (χ2n) is 2.85. The van der Waals surface area contributed by atoms with E-state index in [-0.39, 0.29) is 0 Å². The van der Waals surface area contributed by atoms with E-state index in [9.17, 15) is 0 Å². The fourth-order valence-corrected chi connectivity index (χ4v) is 0.571. The Hall–Kier alpha value is -0.160. The average molecular weight is 150 g/mol. The predicted octanol–water partition coefficient (Wildman–Crippen LogP) is -1.53. The largest absolute Gasteiger partial charge is 0.394 e. The van der Waals surface area contributed by atoms with Gasteiger partial charge in [0.05, 0.1) is 12.2 Å². The summed E-state index contributed by atoms with van der Waals surface area (Å²) in [6.07, 6.45) is -2.59. The van der Waals surface area contributed by atoms with Crippen LogP contribution in [-0.2, 0) is 0 Å². The molecule has 0 heterocycles. The summed E-state index contributed by atoms with van der Waals surface area (Å²) in [5.74, 6) is 0. The summed E-state index contributed by atoms with van der Waals surface area (Å²) in [6.45, 7) is 2.16. The van der Waals surface area contributed by atoms with Gasteiger partial charge in [0, 0.05) is 0 Å². The molecule has 0 radical (unpaired) electrons. The van der Waals surface area contributed by atoms with Crippen LogP contribution in [0, 0.1) is 0 Å². The first kappa shape index (κ1) is 9.84. The number of hydrogen-bond donors (Lipinski definition) is 4. The molecule has 0 bridgehead atoms. The van der Waals surface area contributed by atoms with Crippen LogP contribution in [-0.4, -0.2) is 44.8 Å². The molecule has 0 aromatic heterocycles. The van der Waals surface area contributed by atoms with E-state index in [4.69, 9.17) is 20.4 Å². The van der Waals surface area contributed by atoms with Gasteiger partial charge in [0.2, 0.25) is 0 Å². The maximum Gasteiger partial charge on any atom is 0.110 e. The van der Waals surface area contributed by atoms with E-state index in [1.807, 2.05) is 0 Å². The lowest BCUT2D eigenvalue weighted by molar-refractivity contribution is -0.117. The lowest BCUT2D eigenvalue weighted by Crippen LogP contribution is -2.46. The molecule has 0 saturated carbocycles. The Morgan fingerprint density at radius 3 is 1.80 bits per heavy atom. The molecule has 0 unspecified atom stereocenters. The first-order valence-electron chi connectivity index (χ1n) is 3.09. The Morgan fingerprint density at radius 1 is 1.30 bits per heavy atom. The third-order valence-electron chi connectivity index (χ3n) is 1.28. The molecule has 0 aromatic carbocycles. The SMILES string of the molecule is CC(C)(O)[C@H](O)[C@H](O)CO. The quantitative estimate of drug-likeness (QED) is 0.393. The maximum atomic E-state index is 9.07. The van der Waals surface area contributed by atoms with Gasteiger partial charge in [0.25, 0.3) is 0 Å². The maximum absolute atomic E-state index is 9.07. The molecule has 4 heteroatoms. The van der Waals surface area contributed by atoms with Crippen molar-refractivity contribution in [1.29, 1.82) is 0 Å². The Labute approximate surface area is 59.7 Å². The van der Waals surface area contributed by atoms with Crippen LogP contribution in [0.5, 0.6) is 0 Å². The normalized spacial score (nSPS) is 18.6. The van der Waals surface area contributed by atoms with Gasteiger partial charge in [0.1, 0.15) is 12.2 Å². The highest BCUT2D eigenvalue weighted by Crippen LogP contribution is 2.11. The van der Waals surface area contributed by atoms with E-state index in [0.717, 1.165) is 0 Å².